The van der Waals surface area contributed by atoms with Gasteiger partial charge in [-0.3, -0.25) is 0 Å². The van der Waals surface area contributed by atoms with Gasteiger partial charge in [-0.1, -0.05) is 41.4 Å². The second-order valence-corrected chi connectivity index (χ2v) is 4.28. The molecule has 2 nitrogen and oxygen atoms in total. The fourth-order valence-electron chi connectivity index (χ4n) is 1.44. The Morgan fingerprint density at radius 3 is 2.18 bits per heavy atom. The molecule has 2 N–H and O–H groups in total. The topological polar surface area (TPSA) is 38.4 Å². The molecule has 0 aliphatic rings. The molecule has 0 unspecified atom stereocenters. The van der Waals surface area contributed by atoms with E-state index in [0.29, 0.717) is 10.9 Å². The molecule has 2 rings (SSSR count). The Balaban J connectivity index is 2.27. The van der Waals surface area contributed by atoms with E-state index in [1.807, 2.05) is 43.3 Å². The number of hydrogen-bond donors (Lipinski definition) is 1. The summed E-state index contributed by atoms with van der Waals surface area (Å²) in [5.41, 5.74) is 8.85. The summed E-state index contributed by atoms with van der Waals surface area (Å²) in [6.07, 6.45) is 0. The van der Waals surface area contributed by atoms with Crippen molar-refractivity contribution in [2.45, 2.75) is 6.92 Å². The Hall–Kier alpha value is -1.80. The molecule has 0 saturated heterocycles. The van der Waals surface area contributed by atoms with E-state index in [-0.39, 0.29) is 0 Å². The highest BCUT2D eigenvalue weighted by molar-refractivity contribution is 6.30. The van der Waals surface area contributed by atoms with E-state index in [1.165, 1.54) is 5.56 Å². The van der Waals surface area contributed by atoms with Crippen molar-refractivity contribution >= 4 is 23.1 Å². The van der Waals surface area contributed by atoms with E-state index < -0.39 is 0 Å². The second kappa shape index (κ2) is 5.02. The van der Waals surface area contributed by atoms with Crippen molar-refractivity contribution in [1.82, 2.24) is 0 Å². The Bertz CT molecular complexity index is 527. The Morgan fingerprint density at radius 2 is 1.59 bits per heavy atom. The molecule has 0 atom stereocenters. The number of rotatable bonds is 2. The van der Waals surface area contributed by atoms with Crippen molar-refractivity contribution in [3.8, 4) is 0 Å². The highest BCUT2D eigenvalue weighted by Gasteiger charge is 1.98. The van der Waals surface area contributed by atoms with Crippen LogP contribution in [0.25, 0.3) is 0 Å². The number of amidine groups is 1. The molecule has 0 bridgehead atoms. The summed E-state index contributed by atoms with van der Waals surface area (Å²) in [6, 6.07) is 15.2. The number of hydrogen-bond acceptors (Lipinski definition) is 1. The van der Waals surface area contributed by atoms with Crippen LogP contribution < -0.4 is 5.73 Å². The summed E-state index contributed by atoms with van der Waals surface area (Å²) in [7, 11) is 0. The molecule has 0 spiro atoms. The molecule has 2 aromatic carbocycles. The molecule has 0 saturated carbocycles. The molecule has 2 aromatic rings. The first-order chi connectivity index (χ1) is 8.15. The molecular weight excluding hydrogens is 232 g/mol. The van der Waals surface area contributed by atoms with E-state index in [9.17, 15) is 0 Å². The molecule has 0 radical (unpaired) electrons. The maximum atomic E-state index is 5.93. The largest absolute Gasteiger partial charge is 0.383 e. The minimum Gasteiger partial charge on any atom is -0.383 e. The predicted molar refractivity (Wildman–Crippen MR) is 73.0 cm³/mol. The van der Waals surface area contributed by atoms with Crippen molar-refractivity contribution in [1.29, 1.82) is 0 Å². The molecule has 17 heavy (non-hydrogen) atoms. The van der Waals surface area contributed by atoms with Crippen LogP contribution in [0.5, 0.6) is 0 Å². The van der Waals surface area contributed by atoms with Crippen molar-refractivity contribution in [3.63, 3.8) is 0 Å². The maximum Gasteiger partial charge on any atom is 0.131 e. The highest BCUT2D eigenvalue weighted by atomic mass is 35.5. The second-order valence-electron chi connectivity index (χ2n) is 3.84. The number of aliphatic imine (C=N–C) groups is 1. The van der Waals surface area contributed by atoms with Gasteiger partial charge in [0.15, 0.2) is 0 Å². The summed E-state index contributed by atoms with van der Waals surface area (Å²) >= 11 is 5.80. The third kappa shape index (κ3) is 3.08. The fraction of sp³-hybridized carbons (Fsp3) is 0.0714. The van der Waals surface area contributed by atoms with Crippen molar-refractivity contribution in [3.05, 3.63) is 64.7 Å². The van der Waals surface area contributed by atoms with Gasteiger partial charge in [-0.15, -0.1) is 0 Å². The van der Waals surface area contributed by atoms with Crippen LogP contribution in [0.3, 0.4) is 0 Å². The molecule has 0 aliphatic heterocycles. The molecule has 0 aliphatic carbocycles. The summed E-state index contributed by atoms with van der Waals surface area (Å²) in [6.45, 7) is 2.04. The molecule has 3 heteroatoms. The first kappa shape index (κ1) is 11.7. The molecule has 0 heterocycles. The average molecular weight is 245 g/mol. The fourth-order valence-corrected chi connectivity index (χ4v) is 1.57. The average Bonchev–Trinajstić information content (AvgIpc) is 2.33. The summed E-state index contributed by atoms with van der Waals surface area (Å²) < 4.78 is 0. The van der Waals surface area contributed by atoms with Crippen LogP contribution in [0.2, 0.25) is 5.02 Å². The smallest absolute Gasteiger partial charge is 0.131 e. The van der Waals surface area contributed by atoms with Gasteiger partial charge in [0.25, 0.3) is 0 Å². The standard InChI is InChI=1S/C14H13ClN2/c1-10-2-4-11(5-3-10)14(16)17-13-8-6-12(15)7-9-13/h2-9H,1H3,(H2,16,17). The highest BCUT2D eigenvalue weighted by Crippen LogP contribution is 2.17. The zero-order chi connectivity index (χ0) is 12.3. The Kier molecular flexibility index (Phi) is 3.45. The van der Waals surface area contributed by atoms with Crippen molar-refractivity contribution in [2.75, 3.05) is 0 Å². The molecular formula is C14H13ClN2. The first-order valence-corrected chi connectivity index (χ1v) is 5.70. The van der Waals surface area contributed by atoms with E-state index in [2.05, 4.69) is 4.99 Å². The number of benzene rings is 2. The Morgan fingerprint density at radius 1 is 1.00 bits per heavy atom. The van der Waals surface area contributed by atoms with E-state index in [1.54, 1.807) is 12.1 Å². The molecule has 86 valence electrons. The summed E-state index contributed by atoms with van der Waals surface area (Å²) in [5, 5.41) is 0.692. The number of nitrogens with two attached hydrogens (primary N) is 1. The molecule has 0 fully saturated rings. The van der Waals surface area contributed by atoms with E-state index >= 15 is 0 Å². The maximum absolute atomic E-state index is 5.93. The quantitative estimate of drug-likeness (QED) is 0.635. The minimum absolute atomic E-state index is 0.507. The van der Waals surface area contributed by atoms with Crippen molar-refractivity contribution in [2.24, 2.45) is 10.7 Å². The van der Waals surface area contributed by atoms with Gasteiger partial charge in [0.05, 0.1) is 5.69 Å². The lowest BCUT2D eigenvalue weighted by molar-refractivity contribution is 1.42. The summed E-state index contributed by atoms with van der Waals surface area (Å²) in [5.74, 6) is 0.507. The van der Waals surface area contributed by atoms with Crippen LogP contribution in [0, 0.1) is 6.92 Å². The van der Waals surface area contributed by atoms with Crippen LogP contribution in [0.4, 0.5) is 5.69 Å². The number of nitrogens with zero attached hydrogens (tertiary/aromatic N) is 1. The van der Waals surface area contributed by atoms with Crippen molar-refractivity contribution < 1.29 is 0 Å². The zero-order valence-corrected chi connectivity index (χ0v) is 10.3. The normalized spacial score (nSPS) is 11.5. The monoisotopic (exact) mass is 244 g/mol. The van der Waals surface area contributed by atoms with Gasteiger partial charge in [-0.2, -0.15) is 0 Å². The number of aryl methyl sites for hydroxylation is 1. The third-order valence-electron chi connectivity index (χ3n) is 2.42. The van der Waals surface area contributed by atoms with Crippen LogP contribution in [0.1, 0.15) is 11.1 Å². The van der Waals surface area contributed by atoms with Gasteiger partial charge >= 0.3 is 0 Å². The van der Waals surface area contributed by atoms with Crippen LogP contribution >= 0.6 is 11.6 Å². The Labute approximate surface area is 106 Å². The predicted octanol–water partition coefficient (Wildman–Crippen LogP) is 3.69. The molecule has 0 amide bonds. The first-order valence-electron chi connectivity index (χ1n) is 5.32. The van der Waals surface area contributed by atoms with Gasteiger partial charge in [0.1, 0.15) is 5.84 Å². The van der Waals surface area contributed by atoms with Crippen LogP contribution in [-0.4, -0.2) is 5.84 Å². The SMILES string of the molecule is Cc1ccc(C(N)=Nc2ccc(Cl)cc2)cc1. The minimum atomic E-state index is 0.507. The molecule has 0 aromatic heterocycles. The van der Waals surface area contributed by atoms with E-state index in [0.717, 1.165) is 11.3 Å². The van der Waals surface area contributed by atoms with Crippen LogP contribution in [0.15, 0.2) is 53.5 Å². The van der Waals surface area contributed by atoms with Gasteiger partial charge in [-0.05, 0) is 31.2 Å². The van der Waals surface area contributed by atoms with Gasteiger partial charge in [-0.25, -0.2) is 4.99 Å². The lowest BCUT2D eigenvalue weighted by atomic mass is 10.1. The lowest BCUT2D eigenvalue weighted by Gasteiger charge is -2.02. The number of halogens is 1. The lowest BCUT2D eigenvalue weighted by Crippen LogP contribution is -2.12. The van der Waals surface area contributed by atoms with Gasteiger partial charge in [0, 0.05) is 10.6 Å². The third-order valence-corrected chi connectivity index (χ3v) is 2.68. The zero-order valence-electron chi connectivity index (χ0n) is 9.52. The van der Waals surface area contributed by atoms with E-state index in [4.69, 9.17) is 17.3 Å². The van der Waals surface area contributed by atoms with Crippen LogP contribution in [-0.2, 0) is 0 Å². The summed E-state index contributed by atoms with van der Waals surface area (Å²) in [4.78, 5) is 4.34. The van der Waals surface area contributed by atoms with Gasteiger partial charge in [0.2, 0.25) is 0 Å². The van der Waals surface area contributed by atoms with Gasteiger partial charge < -0.3 is 5.73 Å².